The molecule has 1 aliphatic rings. The Bertz CT molecular complexity index is 414. The molecule has 0 aliphatic heterocycles. The van der Waals surface area contributed by atoms with Crippen molar-refractivity contribution in [2.75, 3.05) is 13.2 Å². The summed E-state index contributed by atoms with van der Waals surface area (Å²) < 4.78 is 40.3. The van der Waals surface area contributed by atoms with Crippen molar-refractivity contribution in [1.82, 2.24) is 0 Å². The second-order valence-electron chi connectivity index (χ2n) is 6.49. The van der Waals surface area contributed by atoms with E-state index in [4.69, 9.17) is 9.47 Å². The first-order chi connectivity index (χ1) is 10.1. The highest BCUT2D eigenvalue weighted by Crippen LogP contribution is 2.59. The maximum Gasteiger partial charge on any atom is 0.330 e. The second-order valence-corrected chi connectivity index (χ2v) is 6.49. The lowest BCUT2D eigenvalue weighted by Gasteiger charge is -2.46. The number of carbonyl (C=O) groups excluding carboxylic acids is 2. The van der Waals surface area contributed by atoms with Crippen LogP contribution in [0.3, 0.4) is 0 Å². The molecule has 0 saturated heterocycles. The molecule has 0 radical (unpaired) electrons. The maximum absolute atomic E-state index is 15.2. The van der Waals surface area contributed by atoms with Crippen molar-refractivity contribution in [1.29, 1.82) is 0 Å². The van der Waals surface area contributed by atoms with E-state index in [9.17, 15) is 9.59 Å². The van der Waals surface area contributed by atoms with Gasteiger partial charge in [0.05, 0.1) is 13.2 Å². The Balaban J connectivity index is 3.63. The summed E-state index contributed by atoms with van der Waals surface area (Å²) in [5.74, 6) is -7.01. The fraction of sp³-hybridized carbons (Fsp3) is 0.875. The topological polar surface area (TPSA) is 52.6 Å². The summed E-state index contributed by atoms with van der Waals surface area (Å²) in [4.78, 5) is 25.1. The number of esters is 2. The third-order valence-corrected chi connectivity index (χ3v) is 4.74. The first-order valence-corrected chi connectivity index (χ1v) is 7.81. The third-order valence-electron chi connectivity index (χ3n) is 4.74. The molecule has 0 heterocycles. The zero-order chi connectivity index (χ0) is 17.2. The third kappa shape index (κ3) is 2.61. The molecule has 0 aromatic heterocycles. The van der Waals surface area contributed by atoms with Crippen LogP contribution in [0.1, 0.15) is 53.9 Å². The molecule has 1 unspecified atom stereocenters. The summed E-state index contributed by atoms with van der Waals surface area (Å²) in [6.07, 6.45) is 1.09. The largest absolute Gasteiger partial charge is 0.465 e. The molecular formula is C16H26F2O4. The number of hydrogen-bond acceptors (Lipinski definition) is 4. The van der Waals surface area contributed by atoms with E-state index in [1.165, 1.54) is 34.6 Å². The minimum atomic E-state index is -3.54. The lowest BCUT2D eigenvalue weighted by atomic mass is 9.59. The fourth-order valence-corrected chi connectivity index (χ4v) is 3.43. The minimum Gasteiger partial charge on any atom is -0.465 e. The van der Waals surface area contributed by atoms with Crippen LogP contribution < -0.4 is 0 Å². The van der Waals surface area contributed by atoms with Crippen molar-refractivity contribution in [3.05, 3.63) is 0 Å². The lowest BCUT2D eigenvalue weighted by Crippen LogP contribution is -2.63. The number of ether oxygens (including phenoxy) is 2. The first kappa shape index (κ1) is 18.8. The van der Waals surface area contributed by atoms with E-state index in [-0.39, 0.29) is 19.6 Å². The van der Waals surface area contributed by atoms with Gasteiger partial charge in [0.2, 0.25) is 5.41 Å². The van der Waals surface area contributed by atoms with Crippen molar-refractivity contribution in [3.8, 4) is 0 Å². The van der Waals surface area contributed by atoms with Crippen LogP contribution >= 0.6 is 0 Å². The van der Waals surface area contributed by atoms with E-state index in [1.54, 1.807) is 0 Å². The van der Waals surface area contributed by atoms with Gasteiger partial charge < -0.3 is 9.47 Å². The summed E-state index contributed by atoms with van der Waals surface area (Å²) in [7, 11) is 0. The highest BCUT2D eigenvalue weighted by molar-refractivity contribution is 6.02. The molecule has 1 rings (SSSR count). The summed E-state index contributed by atoms with van der Waals surface area (Å²) in [6, 6.07) is 0. The zero-order valence-electron chi connectivity index (χ0n) is 14.0. The van der Waals surface area contributed by atoms with Crippen molar-refractivity contribution in [2.45, 2.75) is 59.8 Å². The van der Waals surface area contributed by atoms with Gasteiger partial charge in [-0.3, -0.25) is 9.59 Å². The molecule has 1 saturated carbocycles. The van der Waals surface area contributed by atoms with Gasteiger partial charge >= 0.3 is 11.9 Å². The van der Waals surface area contributed by atoms with Gasteiger partial charge in [-0.1, -0.05) is 27.2 Å². The van der Waals surface area contributed by atoms with E-state index < -0.39 is 34.6 Å². The highest BCUT2D eigenvalue weighted by Gasteiger charge is 2.75. The molecule has 22 heavy (non-hydrogen) atoms. The van der Waals surface area contributed by atoms with Crippen LogP contribution in [0.25, 0.3) is 0 Å². The normalized spacial score (nSPS) is 25.9. The molecule has 0 amide bonds. The highest BCUT2D eigenvalue weighted by atomic mass is 19.3. The van der Waals surface area contributed by atoms with Crippen LogP contribution in [0.2, 0.25) is 0 Å². The molecule has 0 bridgehead atoms. The molecule has 6 heteroatoms. The molecule has 0 aromatic carbocycles. The molecule has 1 atom stereocenters. The van der Waals surface area contributed by atoms with Gasteiger partial charge in [0.15, 0.2) is 0 Å². The molecular weight excluding hydrogens is 294 g/mol. The van der Waals surface area contributed by atoms with Gasteiger partial charge in [-0.25, -0.2) is 8.78 Å². The maximum atomic E-state index is 15.2. The number of rotatable bonds is 4. The number of hydrogen-bond donors (Lipinski definition) is 0. The van der Waals surface area contributed by atoms with Crippen molar-refractivity contribution >= 4 is 11.9 Å². The molecule has 1 aliphatic carbocycles. The molecule has 0 spiro atoms. The van der Waals surface area contributed by atoms with Crippen molar-refractivity contribution in [3.63, 3.8) is 0 Å². The van der Waals surface area contributed by atoms with Crippen LogP contribution in [-0.4, -0.2) is 31.1 Å². The Morgan fingerprint density at radius 1 is 1.09 bits per heavy atom. The first-order valence-electron chi connectivity index (χ1n) is 7.81. The Labute approximate surface area is 130 Å². The van der Waals surface area contributed by atoms with E-state index in [0.29, 0.717) is 12.8 Å². The predicted octanol–water partition coefficient (Wildman–Crippen LogP) is 3.58. The summed E-state index contributed by atoms with van der Waals surface area (Å²) >= 11 is 0. The SMILES string of the molecule is CCOC(=O)C1(C(=O)OCC)C(C)(C)CCCC(C)C1(F)F. The standard InChI is InChI=1S/C16H26F2O4/c1-6-21-12(19)15(13(20)22-7-2)14(4,5)10-8-9-11(3)16(15,17)18/h11H,6-10H2,1-5H3. The number of halogens is 2. The zero-order valence-corrected chi connectivity index (χ0v) is 14.0. The van der Waals surface area contributed by atoms with E-state index >= 15 is 8.78 Å². The molecule has 0 aromatic rings. The van der Waals surface area contributed by atoms with E-state index in [1.807, 2.05) is 0 Å². The second kappa shape index (κ2) is 6.50. The number of alkyl halides is 2. The molecule has 1 fully saturated rings. The Morgan fingerprint density at radius 2 is 1.55 bits per heavy atom. The molecule has 128 valence electrons. The van der Waals surface area contributed by atoms with Crippen LogP contribution in [0.4, 0.5) is 8.78 Å². The van der Waals surface area contributed by atoms with Crippen molar-refractivity contribution in [2.24, 2.45) is 16.7 Å². The Morgan fingerprint density at radius 3 is 1.95 bits per heavy atom. The number of carbonyl (C=O) groups is 2. The Kier molecular flexibility index (Phi) is 5.57. The minimum absolute atomic E-state index is 0.0689. The van der Waals surface area contributed by atoms with Crippen LogP contribution in [-0.2, 0) is 19.1 Å². The predicted molar refractivity (Wildman–Crippen MR) is 77.4 cm³/mol. The van der Waals surface area contributed by atoms with Crippen LogP contribution in [0.5, 0.6) is 0 Å². The van der Waals surface area contributed by atoms with Gasteiger partial charge in [-0.2, -0.15) is 0 Å². The smallest absolute Gasteiger partial charge is 0.330 e. The van der Waals surface area contributed by atoms with Gasteiger partial charge in [-0.05, 0) is 32.1 Å². The van der Waals surface area contributed by atoms with E-state index in [2.05, 4.69) is 0 Å². The monoisotopic (exact) mass is 320 g/mol. The quantitative estimate of drug-likeness (QED) is 0.451. The Hall–Kier alpha value is -1.20. The van der Waals surface area contributed by atoms with Crippen molar-refractivity contribution < 1.29 is 27.8 Å². The lowest BCUT2D eigenvalue weighted by molar-refractivity contribution is -0.231. The van der Waals surface area contributed by atoms with Gasteiger partial charge in [0, 0.05) is 5.92 Å². The fourth-order valence-electron chi connectivity index (χ4n) is 3.43. The average molecular weight is 320 g/mol. The van der Waals surface area contributed by atoms with E-state index in [0.717, 1.165) is 0 Å². The molecule has 4 nitrogen and oxygen atoms in total. The van der Waals surface area contributed by atoms with Gasteiger partial charge in [-0.15, -0.1) is 0 Å². The van der Waals surface area contributed by atoms with Crippen LogP contribution in [0, 0.1) is 16.7 Å². The van der Waals surface area contributed by atoms with Gasteiger partial charge in [0.25, 0.3) is 5.92 Å². The van der Waals surface area contributed by atoms with Gasteiger partial charge in [0.1, 0.15) is 0 Å². The summed E-state index contributed by atoms with van der Waals surface area (Å²) in [6.45, 7) is 7.33. The average Bonchev–Trinajstić information content (AvgIpc) is 2.44. The summed E-state index contributed by atoms with van der Waals surface area (Å²) in [5, 5.41) is 0. The van der Waals surface area contributed by atoms with Crippen LogP contribution in [0.15, 0.2) is 0 Å². The summed E-state index contributed by atoms with van der Waals surface area (Å²) in [5.41, 5.74) is -3.87. The molecule has 0 N–H and O–H groups in total.